The number of benzene rings is 1. The molecule has 0 heterocycles. The first-order valence-corrected chi connectivity index (χ1v) is 6.80. The molecule has 0 amide bonds. The number of nitro groups is 1. The number of hydrogen-bond donors (Lipinski definition) is 0. The molecule has 0 bridgehead atoms. The number of ether oxygens (including phenoxy) is 2. The molecule has 122 valence electrons. The molecule has 0 fully saturated rings. The predicted molar refractivity (Wildman–Crippen MR) is 83.9 cm³/mol. The van der Waals surface area contributed by atoms with Gasteiger partial charge in [0, 0.05) is 17.7 Å². The predicted octanol–water partition coefficient (Wildman–Crippen LogP) is 2.92. The average molecular weight is 340 g/mol. The molecule has 0 N–H and O–H groups in total. The molecule has 8 heteroatoms. The van der Waals surface area contributed by atoms with Crippen molar-refractivity contribution in [2.75, 3.05) is 13.2 Å². The van der Waals surface area contributed by atoms with Crippen LogP contribution in [-0.4, -0.2) is 30.1 Å². The van der Waals surface area contributed by atoms with E-state index in [1.807, 2.05) is 0 Å². The molecule has 1 rings (SSSR count). The van der Waals surface area contributed by atoms with Gasteiger partial charge < -0.3 is 9.47 Å². The highest BCUT2D eigenvalue weighted by Gasteiger charge is 2.11. The number of rotatable bonds is 7. The Bertz CT molecular complexity index is 668. The normalized spacial score (nSPS) is 10.3. The maximum Gasteiger partial charge on any atom is 0.333 e. The van der Waals surface area contributed by atoms with Gasteiger partial charge in [-0.3, -0.25) is 10.1 Å². The lowest BCUT2D eigenvalue weighted by Crippen LogP contribution is -2.12. The van der Waals surface area contributed by atoms with Crippen LogP contribution in [0, 0.1) is 10.1 Å². The fourth-order valence-electron chi connectivity index (χ4n) is 1.39. The standard InChI is InChI=1S/C15H14ClNO6/c1-10(2)15(19)23-8-7-22-14(18)6-4-11-3-5-12(16)13(9-11)17(20)21/h3-6,9H,1,7-8H2,2H3/b6-4+. The summed E-state index contributed by atoms with van der Waals surface area (Å²) in [7, 11) is 0. The van der Waals surface area contributed by atoms with Crippen LogP contribution < -0.4 is 0 Å². The van der Waals surface area contributed by atoms with E-state index in [0.29, 0.717) is 5.56 Å². The second-order valence-electron chi connectivity index (χ2n) is 4.39. The zero-order valence-electron chi connectivity index (χ0n) is 12.3. The first-order valence-electron chi connectivity index (χ1n) is 6.42. The molecule has 0 unspecified atom stereocenters. The molecular formula is C15H14ClNO6. The van der Waals surface area contributed by atoms with Gasteiger partial charge in [0.05, 0.1) is 4.92 Å². The highest BCUT2D eigenvalue weighted by Crippen LogP contribution is 2.25. The van der Waals surface area contributed by atoms with Crippen LogP contribution in [0.15, 0.2) is 36.4 Å². The number of halogens is 1. The first kappa shape index (κ1) is 18.4. The summed E-state index contributed by atoms with van der Waals surface area (Å²) < 4.78 is 9.55. The fraction of sp³-hybridized carbons (Fsp3) is 0.200. The van der Waals surface area contributed by atoms with E-state index in [1.165, 1.54) is 31.2 Å². The minimum atomic E-state index is -0.672. The third-order valence-corrected chi connectivity index (χ3v) is 2.81. The molecule has 7 nitrogen and oxygen atoms in total. The van der Waals surface area contributed by atoms with Gasteiger partial charge in [0.25, 0.3) is 5.69 Å². The Balaban J connectivity index is 2.50. The van der Waals surface area contributed by atoms with Gasteiger partial charge in [-0.15, -0.1) is 0 Å². The van der Waals surface area contributed by atoms with Crippen molar-refractivity contribution in [1.82, 2.24) is 0 Å². The molecule has 0 aliphatic carbocycles. The topological polar surface area (TPSA) is 95.7 Å². The Morgan fingerprint density at radius 3 is 2.61 bits per heavy atom. The van der Waals surface area contributed by atoms with Crippen molar-refractivity contribution in [2.45, 2.75) is 6.92 Å². The third-order valence-electron chi connectivity index (χ3n) is 2.49. The maximum absolute atomic E-state index is 11.5. The van der Waals surface area contributed by atoms with E-state index in [4.69, 9.17) is 21.1 Å². The van der Waals surface area contributed by atoms with Gasteiger partial charge in [-0.25, -0.2) is 9.59 Å². The van der Waals surface area contributed by atoms with Crippen LogP contribution in [0.2, 0.25) is 5.02 Å². The van der Waals surface area contributed by atoms with Gasteiger partial charge in [-0.2, -0.15) is 0 Å². The van der Waals surface area contributed by atoms with E-state index in [9.17, 15) is 19.7 Å². The molecule has 0 radical (unpaired) electrons. The molecule has 1 aromatic rings. The second-order valence-corrected chi connectivity index (χ2v) is 4.79. The number of nitro benzene ring substituents is 1. The van der Waals surface area contributed by atoms with Gasteiger partial charge >= 0.3 is 11.9 Å². The van der Waals surface area contributed by atoms with Gasteiger partial charge in [0.2, 0.25) is 0 Å². The van der Waals surface area contributed by atoms with Crippen LogP contribution >= 0.6 is 11.6 Å². The average Bonchev–Trinajstić information content (AvgIpc) is 2.50. The van der Waals surface area contributed by atoms with Crippen LogP contribution in [0.25, 0.3) is 6.08 Å². The molecule has 0 aliphatic rings. The fourth-order valence-corrected chi connectivity index (χ4v) is 1.57. The highest BCUT2D eigenvalue weighted by molar-refractivity contribution is 6.32. The largest absolute Gasteiger partial charge is 0.459 e. The maximum atomic E-state index is 11.5. The zero-order chi connectivity index (χ0) is 17.4. The Kier molecular flexibility index (Phi) is 6.95. The quantitative estimate of drug-likeness (QED) is 0.249. The minimum absolute atomic E-state index is 0.00838. The van der Waals surface area contributed by atoms with Crippen LogP contribution in [0.5, 0.6) is 0 Å². The number of nitrogens with zero attached hydrogens (tertiary/aromatic N) is 1. The lowest BCUT2D eigenvalue weighted by molar-refractivity contribution is -0.384. The summed E-state index contributed by atoms with van der Waals surface area (Å²) in [5, 5.41) is 10.8. The van der Waals surface area contributed by atoms with Crippen molar-refractivity contribution in [3.05, 3.63) is 57.1 Å². The summed E-state index contributed by atoms with van der Waals surface area (Å²) in [6.07, 6.45) is 2.46. The molecule has 1 aromatic carbocycles. The Morgan fingerprint density at radius 1 is 1.35 bits per heavy atom. The number of esters is 2. The summed E-state index contributed by atoms with van der Waals surface area (Å²) in [6.45, 7) is 4.72. The SMILES string of the molecule is C=C(C)C(=O)OCCOC(=O)/C=C/c1ccc(Cl)c([N+](=O)[O-])c1. The van der Waals surface area contributed by atoms with Crippen LogP contribution in [0.4, 0.5) is 5.69 Å². The van der Waals surface area contributed by atoms with Gasteiger partial charge in [-0.1, -0.05) is 24.2 Å². The minimum Gasteiger partial charge on any atom is -0.459 e. The molecule has 0 aliphatic heterocycles. The first-order chi connectivity index (χ1) is 10.8. The number of carbonyl (C=O) groups excluding carboxylic acids is 2. The Morgan fingerprint density at radius 2 is 2.00 bits per heavy atom. The van der Waals surface area contributed by atoms with E-state index >= 15 is 0 Å². The molecule has 23 heavy (non-hydrogen) atoms. The van der Waals surface area contributed by atoms with Crippen molar-refractivity contribution < 1.29 is 24.0 Å². The summed E-state index contributed by atoms with van der Waals surface area (Å²) in [4.78, 5) is 32.7. The van der Waals surface area contributed by atoms with Crippen molar-refractivity contribution in [2.24, 2.45) is 0 Å². The van der Waals surface area contributed by atoms with E-state index in [-0.39, 0.29) is 29.5 Å². The van der Waals surface area contributed by atoms with Crippen LogP contribution in [0.1, 0.15) is 12.5 Å². The molecular weight excluding hydrogens is 326 g/mol. The van der Waals surface area contributed by atoms with Gasteiger partial charge in [0.1, 0.15) is 18.2 Å². The van der Waals surface area contributed by atoms with E-state index < -0.39 is 16.9 Å². The Hall–Kier alpha value is -2.67. The molecule has 0 saturated heterocycles. The molecule has 0 spiro atoms. The van der Waals surface area contributed by atoms with E-state index in [2.05, 4.69) is 6.58 Å². The summed E-state index contributed by atoms with van der Waals surface area (Å²) >= 11 is 5.68. The van der Waals surface area contributed by atoms with Gasteiger partial charge in [0.15, 0.2) is 0 Å². The number of hydrogen-bond acceptors (Lipinski definition) is 6. The smallest absolute Gasteiger partial charge is 0.333 e. The zero-order valence-corrected chi connectivity index (χ0v) is 13.0. The third kappa shape index (κ3) is 6.31. The summed E-state index contributed by atoms with van der Waals surface area (Å²) in [5.41, 5.74) is 0.418. The van der Waals surface area contributed by atoms with Gasteiger partial charge in [-0.05, 0) is 24.6 Å². The summed E-state index contributed by atoms with van der Waals surface area (Å²) in [5.74, 6) is -1.24. The van der Waals surface area contributed by atoms with E-state index in [0.717, 1.165) is 6.08 Å². The second kappa shape index (κ2) is 8.70. The van der Waals surface area contributed by atoms with Crippen molar-refractivity contribution in [1.29, 1.82) is 0 Å². The van der Waals surface area contributed by atoms with Crippen LogP contribution in [-0.2, 0) is 19.1 Å². The highest BCUT2D eigenvalue weighted by atomic mass is 35.5. The van der Waals surface area contributed by atoms with E-state index in [1.54, 1.807) is 0 Å². The molecule has 0 saturated carbocycles. The summed E-state index contributed by atoms with van der Waals surface area (Å²) in [6, 6.07) is 4.12. The molecule has 0 aromatic heterocycles. The van der Waals surface area contributed by atoms with Crippen molar-refractivity contribution in [3.8, 4) is 0 Å². The lowest BCUT2D eigenvalue weighted by atomic mass is 10.2. The molecule has 0 atom stereocenters. The van der Waals surface area contributed by atoms with Crippen molar-refractivity contribution in [3.63, 3.8) is 0 Å². The lowest BCUT2D eigenvalue weighted by Gasteiger charge is -2.04. The van der Waals surface area contributed by atoms with Crippen LogP contribution in [0.3, 0.4) is 0 Å². The van der Waals surface area contributed by atoms with Crippen molar-refractivity contribution >= 4 is 35.3 Å². The number of carbonyl (C=O) groups is 2. The monoisotopic (exact) mass is 339 g/mol. The Labute approximate surface area is 137 Å².